The third-order valence-corrected chi connectivity index (χ3v) is 5.98. The maximum Gasteiger partial charge on any atom is 0.416 e. The van der Waals surface area contributed by atoms with Crippen LogP contribution in [-0.2, 0) is 15.8 Å². The van der Waals surface area contributed by atoms with Crippen molar-refractivity contribution in [1.29, 1.82) is 0 Å². The number of carbonyl (C=O) groups is 2. The van der Waals surface area contributed by atoms with Crippen molar-refractivity contribution in [1.82, 2.24) is 0 Å². The fraction of sp³-hybridized carbons (Fsp3) is 0.0833. The average molecular weight is 537 g/mol. The van der Waals surface area contributed by atoms with Crippen LogP contribution in [0, 0.1) is 0 Å². The molecule has 0 aliphatic carbocycles. The smallest absolute Gasteiger partial charge is 0.416 e. The summed E-state index contributed by atoms with van der Waals surface area (Å²) in [7, 11) is 0. The van der Waals surface area contributed by atoms with Crippen molar-refractivity contribution in [2.24, 2.45) is 0 Å². The Balaban J connectivity index is 1.94. The first-order valence-electron chi connectivity index (χ1n) is 9.57. The molecule has 0 spiro atoms. The van der Waals surface area contributed by atoms with Gasteiger partial charge in [0.15, 0.2) is 0 Å². The molecule has 0 bridgehead atoms. The Hall–Kier alpha value is -3.10. The summed E-state index contributed by atoms with van der Waals surface area (Å²) in [4.78, 5) is 27.0. The molecule has 0 aromatic heterocycles. The molecule has 0 radical (unpaired) electrons. The summed E-state index contributed by atoms with van der Waals surface area (Å²) in [6, 6.07) is 15.5. The van der Waals surface area contributed by atoms with Crippen LogP contribution in [-0.4, -0.2) is 16.8 Å². The van der Waals surface area contributed by atoms with Crippen LogP contribution in [0.1, 0.15) is 22.7 Å². The number of benzene rings is 3. The van der Waals surface area contributed by atoms with Crippen molar-refractivity contribution >= 4 is 50.7 Å². The number of hydrogen-bond donors (Lipinski definition) is 1. The highest BCUT2D eigenvalue weighted by Gasteiger charge is 2.47. The predicted molar refractivity (Wildman–Crippen MR) is 122 cm³/mol. The van der Waals surface area contributed by atoms with Gasteiger partial charge in [-0.3, -0.25) is 14.5 Å². The van der Waals surface area contributed by atoms with Crippen LogP contribution >= 0.6 is 27.5 Å². The molecule has 9 heteroatoms. The number of carbonyl (C=O) groups excluding carboxylic acids is 2. The third kappa shape index (κ3) is 4.41. The van der Waals surface area contributed by atoms with Crippen LogP contribution < -0.4 is 4.90 Å². The second-order valence-electron chi connectivity index (χ2n) is 7.28. The number of aliphatic hydroxyl groups excluding tert-OH is 1. The molecule has 0 saturated carbocycles. The minimum Gasteiger partial charge on any atom is -0.507 e. The van der Waals surface area contributed by atoms with Gasteiger partial charge in [-0.2, -0.15) is 13.2 Å². The van der Waals surface area contributed by atoms with Crippen molar-refractivity contribution in [3.05, 3.63) is 105 Å². The minimum absolute atomic E-state index is 0.123. The average Bonchev–Trinajstić information content (AvgIpc) is 3.04. The molecule has 1 unspecified atom stereocenters. The van der Waals surface area contributed by atoms with Crippen molar-refractivity contribution < 1.29 is 27.9 Å². The van der Waals surface area contributed by atoms with E-state index in [1.54, 1.807) is 36.4 Å². The van der Waals surface area contributed by atoms with E-state index < -0.39 is 35.2 Å². The minimum atomic E-state index is -4.64. The predicted octanol–water partition coefficient (Wildman–Crippen LogP) is 6.75. The summed E-state index contributed by atoms with van der Waals surface area (Å²) in [5, 5.41) is 11.4. The van der Waals surface area contributed by atoms with Gasteiger partial charge in [0.25, 0.3) is 11.7 Å². The Labute approximate surface area is 200 Å². The number of amides is 1. The molecule has 4 rings (SSSR count). The zero-order valence-electron chi connectivity index (χ0n) is 16.6. The van der Waals surface area contributed by atoms with Crippen LogP contribution in [0.4, 0.5) is 18.9 Å². The molecule has 1 aliphatic heterocycles. The largest absolute Gasteiger partial charge is 0.507 e. The number of aliphatic hydroxyl groups is 1. The molecule has 1 saturated heterocycles. The van der Waals surface area contributed by atoms with Crippen molar-refractivity contribution in [3.8, 4) is 0 Å². The fourth-order valence-corrected chi connectivity index (χ4v) is 4.04. The maximum absolute atomic E-state index is 13.3. The first kappa shape index (κ1) is 23.1. The maximum atomic E-state index is 13.3. The van der Waals surface area contributed by atoms with E-state index in [-0.39, 0.29) is 16.8 Å². The molecular formula is C24H14BrClF3NO3. The van der Waals surface area contributed by atoms with E-state index in [1.165, 1.54) is 18.2 Å². The van der Waals surface area contributed by atoms with Crippen LogP contribution in [0.3, 0.4) is 0 Å². The Morgan fingerprint density at radius 2 is 1.61 bits per heavy atom. The molecule has 1 N–H and O–H groups in total. The zero-order chi connectivity index (χ0) is 23.9. The van der Waals surface area contributed by atoms with E-state index in [1.807, 2.05) is 0 Å². The van der Waals surface area contributed by atoms with Gasteiger partial charge in [0.05, 0.1) is 17.2 Å². The van der Waals surface area contributed by atoms with Gasteiger partial charge in [-0.15, -0.1) is 0 Å². The van der Waals surface area contributed by atoms with E-state index in [2.05, 4.69) is 15.9 Å². The van der Waals surface area contributed by atoms with Gasteiger partial charge in [0.2, 0.25) is 0 Å². The van der Waals surface area contributed by atoms with Gasteiger partial charge < -0.3 is 5.11 Å². The standard InChI is InChI=1S/C24H14BrClF3NO3/c25-16-8-4-14(5-9-16)21(31)19-20(13-6-10-17(26)11-7-13)30(23(33)22(19)32)18-3-1-2-15(12-18)24(27,28)29/h1-12,20,31H/b21-19+. The summed E-state index contributed by atoms with van der Waals surface area (Å²) >= 11 is 9.26. The van der Waals surface area contributed by atoms with Crippen LogP contribution in [0.15, 0.2) is 82.8 Å². The second kappa shape index (κ2) is 8.68. The highest BCUT2D eigenvalue weighted by Crippen LogP contribution is 2.43. The SMILES string of the molecule is O=C1C(=O)N(c2cccc(C(F)(F)F)c2)C(c2ccc(Cl)cc2)/C1=C(\O)c1ccc(Br)cc1. The van der Waals surface area contributed by atoms with E-state index in [0.717, 1.165) is 27.6 Å². The molecule has 1 atom stereocenters. The zero-order valence-corrected chi connectivity index (χ0v) is 18.9. The molecule has 3 aromatic rings. The highest BCUT2D eigenvalue weighted by molar-refractivity contribution is 9.10. The summed E-state index contributed by atoms with van der Waals surface area (Å²) in [5.74, 6) is -2.49. The lowest BCUT2D eigenvalue weighted by molar-refractivity contribution is -0.137. The van der Waals surface area contributed by atoms with Crippen molar-refractivity contribution in [2.75, 3.05) is 4.90 Å². The fourth-order valence-electron chi connectivity index (χ4n) is 3.65. The molecule has 1 amide bonds. The van der Waals surface area contributed by atoms with Gasteiger partial charge in [0.1, 0.15) is 5.76 Å². The summed E-state index contributed by atoms with van der Waals surface area (Å²) < 4.78 is 40.7. The van der Waals surface area contributed by atoms with Gasteiger partial charge in [-0.25, -0.2) is 0 Å². The summed E-state index contributed by atoms with van der Waals surface area (Å²) in [6.07, 6.45) is -4.64. The van der Waals surface area contributed by atoms with E-state index in [4.69, 9.17) is 11.6 Å². The Morgan fingerprint density at radius 1 is 0.970 bits per heavy atom. The molecule has 1 fully saturated rings. The molecule has 4 nitrogen and oxygen atoms in total. The number of alkyl halides is 3. The van der Waals surface area contributed by atoms with Crippen LogP contribution in [0.5, 0.6) is 0 Å². The quantitative estimate of drug-likeness (QED) is 0.229. The van der Waals surface area contributed by atoms with Crippen molar-refractivity contribution in [3.63, 3.8) is 0 Å². The number of Topliss-reactive ketones (excluding diaryl/α,β-unsaturated/α-hetero) is 1. The first-order chi connectivity index (χ1) is 15.6. The van der Waals surface area contributed by atoms with Crippen molar-refractivity contribution in [2.45, 2.75) is 12.2 Å². The third-order valence-electron chi connectivity index (χ3n) is 5.20. The Bertz CT molecular complexity index is 1270. The number of rotatable bonds is 3. The molecule has 3 aromatic carbocycles. The number of halogens is 5. The number of hydrogen-bond acceptors (Lipinski definition) is 3. The normalized spacial score (nSPS) is 18.1. The lowest BCUT2D eigenvalue weighted by Gasteiger charge is -2.26. The monoisotopic (exact) mass is 535 g/mol. The number of ketones is 1. The molecule has 1 heterocycles. The summed E-state index contributed by atoms with van der Waals surface area (Å²) in [5.41, 5.74) is -0.651. The number of anilines is 1. The highest BCUT2D eigenvalue weighted by atomic mass is 79.9. The van der Waals surface area contributed by atoms with Crippen LogP contribution in [0.2, 0.25) is 5.02 Å². The first-order valence-corrected chi connectivity index (χ1v) is 10.7. The topological polar surface area (TPSA) is 57.6 Å². The summed E-state index contributed by atoms with van der Waals surface area (Å²) in [6.45, 7) is 0. The van der Waals surface area contributed by atoms with E-state index in [0.29, 0.717) is 10.6 Å². The van der Waals surface area contributed by atoms with Gasteiger partial charge >= 0.3 is 6.18 Å². The Morgan fingerprint density at radius 3 is 2.21 bits per heavy atom. The molecule has 1 aliphatic rings. The van der Waals surface area contributed by atoms with Crippen LogP contribution in [0.25, 0.3) is 5.76 Å². The van der Waals surface area contributed by atoms with Gasteiger partial charge in [-0.05, 0) is 48.0 Å². The van der Waals surface area contributed by atoms with E-state index in [9.17, 15) is 27.9 Å². The molecular weight excluding hydrogens is 523 g/mol. The lowest BCUT2D eigenvalue weighted by Crippen LogP contribution is -2.29. The molecule has 33 heavy (non-hydrogen) atoms. The lowest BCUT2D eigenvalue weighted by atomic mass is 9.95. The van der Waals surface area contributed by atoms with Gasteiger partial charge in [-0.1, -0.05) is 57.9 Å². The Kier molecular flexibility index (Phi) is 6.07. The second-order valence-corrected chi connectivity index (χ2v) is 8.63. The van der Waals surface area contributed by atoms with E-state index >= 15 is 0 Å². The molecule has 168 valence electrons. The number of nitrogens with zero attached hydrogens (tertiary/aromatic N) is 1. The van der Waals surface area contributed by atoms with Gasteiger partial charge in [0, 0.05) is 20.7 Å².